The molecule has 1 fully saturated rings. The van der Waals surface area contributed by atoms with Crippen LogP contribution >= 0.6 is 0 Å². The van der Waals surface area contributed by atoms with Gasteiger partial charge in [0, 0.05) is 19.1 Å². The van der Waals surface area contributed by atoms with E-state index in [0.717, 1.165) is 26.1 Å². The van der Waals surface area contributed by atoms with Gasteiger partial charge in [-0.2, -0.15) is 0 Å². The highest BCUT2D eigenvalue weighted by Gasteiger charge is 2.23. The van der Waals surface area contributed by atoms with E-state index >= 15 is 0 Å². The third-order valence-electron chi connectivity index (χ3n) is 2.96. The van der Waals surface area contributed by atoms with Crippen LogP contribution < -0.4 is 16.0 Å². The van der Waals surface area contributed by atoms with Gasteiger partial charge < -0.3 is 10.6 Å². The van der Waals surface area contributed by atoms with Crippen LogP contribution in [0.5, 0.6) is 0 Å². The molecule has 1 atom stereocenters. The molecule has 0 aromatic rings. The van der Waals surface area contributed by atoms with Gasteiger partial charge in [0.1, 0.15) is 0 Å². The Labute approximate surface area is 108 Å². The maximum atomic E-state index is 11.7. The molecular formula is C12H22N4O2. The molecule has 0 radical (unpaired) electrons. The van der Waals surface area contributed by atoms with Crippen molar-refractivity contribution < 1.29 is 9.59 Å². The van der Waals surface area contributed by atoms with Crippen molar-refractivity contribution in [3.8, 4) is 0 Å². The van der Waals surface area contributed by atoms with Gasteiger partial charge in [-0.05, 0) is 19.5 Å². The molecule has 0 spiro atoms. The van der Waals surface area contributed by atoms with Crippen LogP contribution in [0.4, 0.5) is 4.79 Å². The lowest BCUT2D eigenvalue weighted by molar-refractivity contribution is -0.121. The zero-order valence-corrected chi connectivity index (χ0v) is 10.9. The van der Waals surface area contributed by atoms with E-state index in [4.69, 9.17) is 0 Å². The Morgan fingerprint density at radius 1 is 1.56 bits per heavy atom. The van der Waals surface area contributed by atoms with Gasteiger partial charge in [-0.15, -0.1) is 6.58 Å². The van der Waals surface area contributed by atoms with Crippen LogP contribution in [0.2, 0.25) is 0 Å². The van der Waals surface area contributed by atoms with E-state index in [0.29, 0.717) is 12.6 Å². The van der Waals surface area contributed by atoms with Gasteiger partial charge in [-0.1, -0.05) is 13.0 Å². The number of hydrogen-bond acceptors (Lipinski definition) is 4. The summed E-state index contributed by atoms with van der Waals surface area (Å²) in [4.78, 5) is 25.0. The first-order valence-electron chi connectivity index (χ1n) is 6.30. The highest BCUT2D eigenvalue weighted by molar-refractivity contribution is 5.95. The van der Waals surface area contributed by atoms with E-state index in [2.05, 4.69) is 27.4 Å². The van der Waals surface area contributed by atoms with Crippen molar-refractivity contribution in [2.24, 2.45) is 0 Å². The number of likely N-dealkylation sites (N-methyl/N-ethyl adjacent to an activating group) is 1. The fraction of sp³-hybridized carbons (Fsp3) is 0.667. The number of amides is 3. The number of carbonyl (C=O) groups excluding carboxylic acids is 2. The van der Waals surface area contributed by atoms with Crippen LogP contribution in [0.15, 0.2) is 12.7 Å². The molecule has 0 bridgehead atoms. The number of nitrogens with zero attached hydrogens (tertiary/aromatic N) is 1. The lowest BCUT2D eigenvalue weighted by Gasteiger charge is -2.25. The first-order valence-corrected chi connectivity index (χ1v) is 6.30. The minimum atomic E-state index is -0.472. The molecule has 6 nitrogen and oxygen atoms in total. The van der Waals surface area contributed by atoms with Gasteiger partial charge in [-0.3, -0.25) is 15.0 Å². The second-order valence-corrected chi connectivity index (χ2v) is 4.26. The van der Waals surface area contributed by atoms with Crippen LogP contribution in [0.25, 0.3) is 0 Å². The topological polar surface area (TPSA) is 73.5 Å². The fourth-order valence-corrected chi connectivity index (χ4v) is 2.01. The Morgan fingerprint density at radius 2 is 2.33 bits per heavy atom. The average molecular weight is 254 g/mol. The Hall–Kier alpha value is -1.40. The van der Waals surface area contributed by atoms with Crippen molar-refractivity contribution in [3.63, 3.8) is 0 Å². The largest absolute Gasteiger partial charge is 0.334 e. The second kappa shape index (κ2) is 7.84. The van der Waals surface area contributed by atoms with E-state index in [1.54, 1.807) is 6.08 Å². The first-order chi connectivity index (χ1) is 8.67. The summed E-state index contributed by atoms with van der Waals surface area (Å²) >= 11 is 0. The lowest BCUT2D eigenvalue weighted by atomic mass is 10.2. The minimum Gasteiger partial charge on any atom is -0.334 e. The van der Waals surface area contributed by atoms with Crippen LogP contribution in [0.3, 0.4) is 0 Å². The molecule has 3 amide bonds. The van der Waals surface area contributed by atoms with Crippen LogP contribution in [0, 0.1) is 0 Å². The second-order valence-electron chi connectivity index (χ2n) is 4.26. The highest BCUT2D eigenvalue weighted by atomic mass is 16.2. The normalized spacial score (nSPS) is 18.7. The SMILES string of the molecule is C=CCNC(=O)NC(=O)CN(CC)C1CCNC1. The number of nitrogens with one attached hydrogen (secondary N) is 3. The zero-order chi connectivity index (χ0) is 13.4. The monoisotopic (exact) mass is 254 g/mol. The van der Waals surface area contributed by atoms with Crippen LogP contribution in [-0.2, 0) is 4.79 Å². The Kier molecular flexibility index (Phi) is 6.38. The van der Waals surface area contributed by atoms with Gasteiger partial charge in [-0.25, -0.2) is 4.79 Å². The zero-order valence-electron chi connectivity index (χ0n) is 10.9. The lowest BCUT2D eigenvalue weighted by Crippen LogP contribution is -2.47. The summed E-state index contributed by atoms with van der Waals surface area (Å²) in [5.41, 5.74) is 0. The predicted octanol–water partition coefficient (Wildman–Crippen LogP) is -0.318. The molecular weight excluding hydrogens is 232 g/mol. The number of rotatable bonds is 6. The summed E-state index contributed by atoms with van der Waals surface area (Å²) in [6.45, 7) is 8.80. The molecule has 0 aromatic carbocycles. The quantitative estimate of drug-likeness (QED) is 0.568. The Balaban J connectivity index is 2.32. The van der Waals surface area contributed by atoms with Gasteiger partial charge in [0.2, 0.25) is 5.91 Å². The summed E-state index contributed by atoms with van der Waals surface area (Å²) in [7, 11) is 0. The maximum absolute atomic E-state index is 11.7. The molecule has 1 saturated heterocycles. The van der Waals surface area contributed by atoms with Crippen LogP contribution in [-0.4, -0.2) is 55.6 Å². The van der Waals surface area contributed by atoms with Crippen molar-refractivity contribution in [3.05, 3.63) is 12.7 Å². The van der Waals surface area contributed by atoms with Crippen molar-refractivity contribution in [2.45, 2.75) is 19.4 Å². The molecule has 0 saturated carbocycles. The first kappa shape index (κ1) is 14.7. The molecule has 6 heteroatoms. The van der Waals surface area contributed by atoms with E-state index in [-0.39, 0.29) is 12.5 Å². The molecule has 18 heavy (non-hydrogen) atoms. The van der Waals surface area contributed by atoms with Crippen molar-refractivity contribution >= 4 is 11.9 Å². The smallest absolute Gasteiger partial charge is 0.321 e. The molecule has 0 aromatic heterocycles. The Bertz CT molecular complexity index is 300. The summed E-state index contributed by atoms with van der Waals surface area (Å²) in [6.07, 6.45) is 2.61. The van der Waals surface area contributed by atoms with Gasteiger partial charge in [0.15, 0.2) is 0 Å². The molecule has 1 aliphatic heterocycles. The molecule has 1 rings (SSSR count). The highest BCUT2D eigenvalue weighted by Crippen LogP contribution is 2.07. The fourth-order valence-electron chi connectivity index (χ4n) is 2.01. The summed E-state index contributed by atoms with van der Waals surface area (Å²) in [6, 6.07) is -0.0857. The van der Waals surface area contributed by atoms with E-state index in [1.807, 2.05) is 6.92 Å². The summed E-state index contributed by atoms with van der Waals surface area (Å²) < 4.78 is 0. The molecule has 1 aliphatic rings. The molecule has 1 unspecified atom stereocenters. The van der Waals surface area contributed by atoms with Gasteiger partial charge in [0.05, 0.1) is 6.54 Å². The van der Waals surface area contributed by atoms with E-state index < -0.39 is 6.03 Å². The average Bonchev–Trinajstić information content (AvgIpc) is 2.87. The van der Waals surface area contributed by atoms with Crippen molar-refractivity contribution in [1.29, 1.82) is 0 Å². The van der Waals surface area contributed by atoms with Gasteiger partial charge in [0.25, 0.3) is 0 Å². The van der Waals surface area contributed by atoms with Crippen molar-refractivity contribution in [2.75, 3.05) is 32.7 Å². The van der Waals surface area contributed by atoms with E-state index in [1.165, 1.54) is 0 Å². The number of imide groups is 1. The molecule has 1 heterocycles. The van der Waals surface area contributed by atoms with Crippen LogP contribution in [0.1, 0.15) is 13.3 Å². The third-order valence-corrected chi connectivity index (χ3v) is 2.96. The molecule has 0 aliphatic carbocycles. The third kappa shape index (κ3) is 4.85. The minimum absolute atomic E-state index is 0.254. The molecule has 102 valence electrons. The predicted molar refractivity (Wildman–Crippen MR) is 70.3 cm³/mol. The summed E-state index contributed by atoms with van der Waals surface area (Å²) in [5.74, 6) is -0.273. The number of urea groups is 1. The Morgan fingerprint density at radius 3 is 2.89 bits per heavy atom. The summed E-state index contributed by atoms with van der Waals surface area (Å²) in [5, 5.41) is 8.07. The maximum Gasteiger partial charge on any atom is 0.321 e. The standard InChI is InChI=1S/C12H22N4O2/c1-3-6-14-12(18)15-11(17)9-16(4-2)10-5-7-13-8-10/h3,10,13H,1,4-9H2,2H3,(H2,14,15,17,18). The van der Waals surface area contributed by atoms with Crippen molar-refractivity contribution in [1.82, 2.24) is 20.9 Å². The van der Waals surface area contributed by atoms with Gasteiger partial charge >= 0.3 is 6.03 Å². The number of carbonyl (C=O) groups is 2. The number of hydrogen-bond donors (Lipinski definition) is 3. The van der Waals surface area contributed by atoms with E-state index in [9.17, 15) is 9.59 Å². The molecule has 3 N–H and O–H groups in total.